The molecule has 154 valence electrons. The molecule has 1 saturated heterocycles. The van der Waals surface area contributed by atoms with Gasteiger partial charge in [-0.2, -0.15) is 4.31 Å². The highest BCUT2D eigenvalue weighted by atomic mass is 32.2. The minimum atomic E-state index is -4.09. The number of carbonyl (C=O) groups is 1. The molecule has 29 heavy (non-hydrogen) atoms. The van der Waals surface area contributed by atoms with E-state index in [1.165, 1.54) is 35.4 Å². The van der Waals surface area contributed by atoms with Crippen LogP contribution in [-0.4, -0.2) is 48.7 Å². The second-order valence-corrected chi connectivity index (χ2v) is 8.57. The van der Waals surface area contributed by atoms with Crippen molar-refractivity contribution in [2.75, 3.05) is 20.2 Å². The number of hydrogen-bond donors (Lipinski definition) is 0. The lowest BCUT2D eigenvalue weighted by molar-refractivity contribution is -0.385. The van der Waals surface area contributed by atoms with Crippen molar-refractivity contribution in [2.45, 2.75) is 24.9 Å². The van der Waals surface area contributed by atoms with Crippen LogP contribution in [0.15, 0.2) is 47.4 Å². The fraction of sp³-hybridized carbons (Fsp3) is 0.316. The van der Waals surface area contributed by atoms with Crippen LogP contribution < -0.4 is 4.74 Å². The molecule has 1 aliphatic heterocycles. The molecule has 1 aliphatic rings. The number of ether oxygens (including phenoxy) is 1. The lowest BCUT2D eigenvalue weighted by Gasteiger charge is -2.29. The Morgan fingerprint density at radius 1 is 1.17 bits per heavy atom. The van der Waals surface area contributed by atoms with Crippen LogP contribution in [0.25, 0.3) is 0 Å². The van der Waals surface area contributed by atoms with Gasteiger partial charge in [0.15, 0.2) is 0 Å². The first-order valence-electron chi connectivity index (χ1n) is 8.85. The Morgan fingerprint density at radius 3 is 2.38 bits per heavy atom. The normalized spacial score (nSPS) is 17.3. The molecular weight excluding hydrogens is 398 g/mol. The maximum Gasteiger partial charge on any atom is 0.273 e. The number of rotatable bonds is 5. The predicted molar refractivity (Wildman–Crippen MR) is 105 cm³/mol. The highest BCUT2D eigenvalue weighted by molar-refractivity contribution is 7.89. The van der Waals surface area contributed by atoms with Crippen LogP contribution in [0.3, 0.4) is 0 Å². The highest BCUT2D eigenvalue weighted by Crippen LogP contribution is 2.36. The summed E-state index contributed by atoms with van der Waals surface area (Å²) in [6.45, 7) is 3.23. The molecule has 0 radical (unpaired) electrons. The van der Waals surface area contributed by atoms with E-state index in [1.807, 2.05) is 0 Å². The Kier molecular flexibility index (Phi) is 5.58. The van der Waals surface area contributed by atoms with E-state index in [9.17, 15) is 23.3 Å². The second-order valence-electron chi connectivity index (χ2n) is 6.68. The van der Waals surface area contributed by atoms with E-state index in [-0.39, 0.29) is 29.6 Å². The number of aryl methyl sites for hydroxylation is 1. The van der Waals surface area contributed by atoms with E-state index in [4.69, 9.17) is 4.74 Å². The first-order valence-corrected chi connectivity index (χ1v) is 10.3. The molecule has 10 heteroatoms. The summed E-state index contributed by atoms with van der Waals surface area (Å²) < 4.78 is 33.0. The number of hydrogen-bond acceptors (Lipinski definition) is 6. The Hall–Kier alpha value is -2.98. The minimum absolute atomic E-state index is 0.0836. The third kappa shape index (κ3) is 3.81. The van der Waals surface area contributed by atoms with Gasteiger partial charge in [0.1, 0.15) is 11.9 Å². The summed E-state index contributed by atoms with van der Waals surface area (Å²) in [7, 11) is -2.57. The van der Waals surface area contributed by atoms with E-state index >= 15 is 0 Å². The average molecular weight is 419 g/mol. The molecule has 1 amide bonds. The zero-order valence-electron chi connectivity index (χ0n) is 16.2. The number of methoxy groups -OCH3 is 1. The van der Waals surface area contributed by atoms with Crippen molar-refractivity contribution >= 4 is 21.6 Å². The van der Waals surface area contributed by atoms with E-state index in [0.29, 0.717) is 16.9 Å². The third-order valence-corrected chi connectivity index (χ3v) is 6.78. The molecule has 0 bridgehead atoms. The SMILES string of the molecule is COc1ccc([C@@H]2N(C(C)=O)CCN2S(=O)(=O)c2ccc(C)c([N+](=O)[O-])c2)cc1. The Bertz CT molecular complexity index is 1050. The summed E-state index contributed by atoms with van der Waals surface area (Å²) in [4.78, 5) is 24.1. The first-order chi connectivity index (χ1) is 13.7. The summed E-state index contributed by atoms with van der Waals surface area (Å²) in [6.07, 6.45) is -0.844. The van der Waals surface area contributed by atoms with Crippen molar-refractivity contribution in [3.05, 3.63) is 63.7 Å². The standard InChI is InChI=1S/C19H21N3O6S/c1-13-4-9-17(12-18(13)22(24)25)29(26,27)21-11-10-20(14(2)23)19(21)15-5-7-16(28-3)8-6-15/h4-9,12,19H,10-11H2,1-3H3/t19-/m1/s1. The molecule has 1 fully saturated rings. The van der Waals surface area contributed by atoms with Gasteiger partial charge in [0.05, 0.1) is 16.9 Å². The Morgan fingerprint density at radius 2 is 1.83 bits per heavy atom. The van der Waals surface area contributed by atoms with Gasteiger partial charge >= 0.3 is 0 Å². The predicted octanol–water partition coefficient (Wildman–Crippen LogP) is 2.46. The molecule has 0 unspecified atom stereocenters. The van der Waals surface area contributed by atoms with Crippen LogP contribution in [0.2, 0.25) is 0 Å². The molecule has 0 aliphatic carbocycles. The lowest BCUT2D eigenvalue weighted by Crippen LogP contribution is -2.37. The molecule has 0 N–H and O–H groups in total. The summed E-state index contributed by atoms with van der Waals surface area (Å²) in [5.41, 5.74) is 0.700. The van der Waals surface area contributed by atoms with Crippen molar-refractivity contribution in [3.8, 4) is 5.75 Å². The summed E-state index contributed by atoms with van der Waals surface area (Å²) in [6, 6.07) is 10.6. The molecule has 0 saturated carbocycles. The van der Waals surface area contributed by atoms with Crippen molar-refractivity contribution in [2.24, 2.45) is 0 Å². The first kappa shape index (κ1) is 20.7. The summed E-state index contributed by atoms with van der Waals surface area (Å²) in [5, 5.41) is 11.2. The number of carbonyl (C=O) groups excluding carboxylic acids is 1. The van der Waals surface area contributed by atoms with Crippen LogP contribution in [0.5, 0.6) is 5.75 Å². The van der Waals surface area contributed by atoms with Crippen LogP contribution in [0.4, 0.5) is 5.69 Å². The van der Waals surface area contributed by atoms with Gasteiger partial charge in [0.25, 0.3) is 5.69 Å². The van der Waals surface area contributed by atoms with Crippen molar-refractivity contribution in [1.29, 1.82) is 0 Å². The van der Waals surface area contributed by atoms with Crippen LogP contribution in [-0.2, 0) is 14.8 Å². The number of nitro groups is 1. The Balaban J connectivity index is 2.07. The summed E-state index contributed by atoms with van der Waals surface area (Å²) >= 11 is 0. The molecular formula is C19H21N3O6S. The Labute approximate surface area is 168 Å². The van der Waals surface area contributed by atoms with Gasteiger partial charge < -0.3 is 9.64 Å². The van der Waals surface area contributed by atoms with Crippen LogP contribution >= 0.6 is 0 Å². The third-order valence-electron chi connectivity index (χ3n) is 4.93. The topological polar surface area (TPSA) is 110 Å². The molecule has 2 aromatic carbocycles. The maximum absolute atomic E-state index is 13.3. The van der Waals surface area contributed by atoms with Gasteiger partial charge in [-0.1, -0.05) is 18.2 Å². The molecule has 0 spiro atoms. The van der Waals surface area contributed by atoms with E-state index < -0.39 is 21.1 Å². The number of sulfonamides is 1. The van der Waals surface area contributed by atoms with Crippen LogP contribution in [0, 0.1) is 17.0 Å². The second kappa shape index (κ2) is 7.80. The maximum atomic E-state index is 13.3. The van der Waals surface area contributed by atoms with Gasteiger partial charge in [0, 0.05) is 31.6 Å². The largest absolute Gasteiger partial charge is 0.497 e. The molecule has 3 rings (SSSR count). The van der Waals surface area contributed by atoms with Gasteiger partial charge in [-0.3, -0.25) is 14.9 Å². The van der Waals surface area contributed by atoms with Gasteiger partial charge in [-0.25, -0.2) is 8.42 Å². The molecule has 1 atom stereocenters. The van der Waals surface area contributed by atoms with Crippen molar-refractivity contribution in [3.63, 3.8) is 0 Å². The quantitative estimate of drug-likeness (QED) is 0.544. The number of amides is 1. The number of benzene rings is 2. The highest BCUT2D eigenvalue weighted by Gasteiger charge is 2.42. The van der Waals surface area contributed by atoms with Crippen molar-refractivity contribution < 1.29 is 22.9 Å². The van der Waals surface area contributed by atoms with E-state index in [1.54, 1.807) is 31.2 Å². The number of nitrogens with zero attached hydrogens (tertiary/aromatic N) is 3. The zero-order valence-corrected chi connectivity index (χ0v) is 17.0. The van der Waals surface area contributed by atoms with Gasteiger partial charge in [-0.15, -0.1) is 0 Å². The fourth-order valence-corrected chi connectivity index (χ4v) is 4.98. The van der Waals surface area contributed by atoms with Gasteiger partial charge in [-0.05, 0) is 30.7 Å². The molecule has 2 aromatic rings. The lowest BCUT2D eigenvalue weighted by atomic mass is 10.1. The molecule has 9 nitrogen and oxygen atoms in total. The molecule has 0 aromatic heterocycles. The summed E-state index contributed by atoms with van der Waals surface area (Å²) in [5.74, 6) is 0.336. The average Bonchev–Trinajstić information content (AvgIpc) is 3.14. The minimum Gasteiger partial charge on any atom is -0.497 e. The van der Waals surface area contributed by atoms with E-state index in [2.05, 4.69) is 0 Å². The molecule has 1 heterocycles. The monoisotopic (exact) mass is 419 g/mol. The smallest absolute Gasteiger partial charge is 0.273 e. The number of nitro benzene ring substituents is 1. The fourth-order valence-electron chi connectivity index (χ4n) is 3.39. The zero-order chi connectivity index (χ0) is 21.3. The van der Waals surface area contributed by atoms with E-state index in [0.717, 1.165) is 6.07 Å². The van der Waals surface area contributed by atoms with Crippen LogP contribution in [0.1, 0.15) is 24.2 Å². The van der Waals surface area contributed by atoms with Gasteiger partial charge in [0.2, 0.25) is 15.9 Å². The van der Waals surface area contributed by atoms with Crippen molar-refractivity contribution in [1.82, 2.24) is 9.21 Å².